The van der Waals surface area contributed by atoms with Crippen molar-refractivity contribution in [1.82, 2.24) is 0 Å². The normalized spacial score (nSPS) is 22.9. The van der Waals surface area contributed by atoms with Crippen LogP contribution in [0.15, 0.2) is 18.2 Å². The van der Waals surface area contributed by atoms with Gasteiger partial charge in [-0.25, -0.2) is 0 Å². The molecule has 0 aromatic heterocycles. The number of fused-ring (bicyclic) bond motifs is 1. The Morgan fingerprint density at radius 2 is 2.10 bits per heavy atom. The van der Waals surface area contributed by atoms with Crippen molar-refractivity contribution in [3.8, 4) is 0 Å². The summed E-state index contributed by atoms with van der Waals surface area (Å²) in [6.45, 7) is 4.12. The van der Waals surface area contributed by atoms with Crippen LogP contribution in [0.25, 0.3) is 0 Å². The van der Waals surface area contributed by atoms with Gasteiger partial charge in [-0.2, -0.15) is 0 Å². The number of carbonyl (C=O) groups is 1. The molecular formula is C18H26N2O. The lowest BCUT2D eigenvalue weighted by Gasteiger charge is -2.23. The average Bonchev–Trinajstić information content (AvgIpc) is 2.95. The second kappa shape index (κ2) is 6.08. The van der Waals surface area contributed by atoms with Gasteiger partial charge in [0.1, 0.15) is 0 Å². The largest absolute Gasteiger partial charge is 0.371 e. The maximum atomic E-state index is 11.2. The Balaban J connectivity index is 1.64. The zero-order chi connectivity index (χ0) is 14.8. The predicted molar refractivity (Wildman–Crippen MR) is 86.4 cm³/mol. The number of benzene rings is 1. The van der Waals surface area contributed by atoms with Crippen LogP contribution in [0.4, 0.5) is 5.69 Å². The van der Waals surface area contributed by atoms with Gasteiger partial charge in [0.05, 0.1) is 0 Å². The van der Waals surface area contributed by atoms with Gasteiger partial charge >= 0.3 is 0 Å². The topological polar surface area (TPSA) is 46.3 Å². The predicted octanol–water partition coefficient (Wildman–Crippen LogP) is 2.90. The first-order valence-corrected chi connectivity index (χ1v) is 8.29. The monoisotopic (exact) mass is 286 g/mol. The number of amides is 1. The van der Waals surface area contributed by atoms with Crippen molar-refractivity contribution >= 4 is 11.6 Å². The van der Waals surface area contributed by atoms with Crippen LogP contribution in [-0.2, 0) is 17.6 Å². The summed E-state index contributed by atoms with van der Waals surface area (Å²) in [5, 5.41) is 0. The van der Waals surface area contributed by atoms with Gasteiger partial charge in [0.2, 0.25) is 5.91 Å². The molecule has 1 aromatic rings. The lowest BCUT2D eigenvalue weighted by Crippen LogP contribution is -2.25. The van der Waals surface area contributed by atoms with Crippen molar-refractivity contribution in [3.05, 3.63) is 29.3 Å². The standard InChI is InChI=1S/C18H26N2O/c1-13(18(19)21)10-14-8-9-20(12-14)17-7-6-15-4-2-3-5-16(15)11-17/h6-7,11,13-14H,2-5,8-10,12H2,1H3,(H2,19,21). The molecule has 2 N–H and O–H groups in total. The maximum absolute atomic E-state index is 11.2. The van der Waals surface area contributed by atoms with Gasteiger partial charge in [-0.15, -0.1) is 0 Å². The zero-order valence-corrected chi connectivity index (χ0v) is 13.0. The number of rotatable bonds is 4. The Bertz CT molecular complexity index is 526. The summed E-state index contributed by atoms with van der Waals surface area (Å²) < 4.78 is 0. The molecule has 0 saturated carbocycles. The second-order valence-electron chi connectivity index (χ2n) is 6.80. The highest BCUT2D eigenvalue weighted by Crippen LogP contribution is 2.31. The van der Waals surface area contributed by atoms with Crippen LogP contribution in [-0.4, -0.2) is 19.0 Å². The summed E-state index contributed by atoms with van der Waals surface area (Å²) in [5.41, 5.74) is 9.84. The summed E-state index contributed by atoms with van der Waals surface area (Å²) in [6, 6.07) is 7.00. The quantitative estimate of drug-likeness (QED) is 0.925. The van der Waals surface area contributed by atoms with Gasteiger partial charge < -0.3 is 10.6 Å². The van der Waals surface area contributed by atoms with Crippen molar-refractivity contribution in [1.29, 1.82) is 0 Å². The van der Waals surface area contributed by atoms with Crippen molar-refractivity contribution in [2.75, 3.05) is 18.0 Å². The third kappa shape index (κ3) is 3.22. The number of nitrogens with zero attached hydrogens (tertiary/aromatic N) is 1. The molecule has 1 aliphatic heterocycles. The highest BCUT2D eigenvalue weighted by atomic mass is 16.1. The molecule has 1 aliphatic carbocycles. The van der Waals surface area contributed by atoms with Crippen LogP contribution >= 0.6 is 0 Å². The SMILES string of the molecule is CC(CC1CCN(c2ccc3c(c2)CCCC3)C1)C(N)=O. The average molecular weight is 286 g/mol. The molecule has 0 bridgehead atoms. The van der Waals surface area contributed by atoms with Crippen LogP contribution < -0.4 is 10.6 Å². The lowest BCUT2D eigenvalue weighted by molar-refractivity contribution is -0.121. The number of aryl methyl sites for hydroxylation is 2. The van der Waals surface area contributed by atoms with E-state index < -0.39 is 0 Å². The van der Waals surface area contributed by atoms with E-state index in [0.717, 1.165) is 19.5 Å². The Kier molecular flexibility index (Phi) is 4.18. The maximum Gasteiger partial charge on any atom is 0.220 e. The second-order valence-corrected chi connectivity index (χ2v) is 6.80. The Hall–Kier alpha value is -1.51. The first-order valence-electron chi connectivity index (χ1n) is 8.29. The first kappa shape index (κ1) is 14.4. The molecule has 3 heteroatoms. The van der Waals surface area contributed by atoms with Crippen LogP contribution in [0.1, 0.15) is 43.7 Å². The molecule has 3 rings (SSSR count). The highest BCUT2D eigenvalue weighted by Gasteiger charge is 2.26. The molecule has 1 saturated heterocycles. The van der Waals surface area contributed by atoms with Crippen LogP contribution in [0.2, 0.25) is 0 Å². The molecule has 1 heterocycles. The summed E-state index contributed by atoms with van der Waals surface area (Å²) in [4.78, 5) is 13.7. The number of hydrogen-bond donors (Lipinski definition) is 1. The molecule has 2 atom stereocenters. The smallest absolute Gasteiger partial charge is 0.220 e. The number of carbonyl (C=O) groups excluding carboxylic acids is 1. The van der Waals surface area contributed by atoms with Crippen LogP contribution in [0.5, 0.6) is 0 Å². The Morgan fingerprint density at radius 1 is 1.33 bits per heavy atom. The van der Waals surface area contributed by atoms with Gasteiger partial charge in [-0.3, -0.25) is 4.79 Å². The van der Waals surface area contributed by atoms with E-state index in [1.807, 2.05) is 6.92 Å². The fourth-order valence-electron chi connectivity index (χ4n) is 3.79. The molecular weight excluding hydrogens is 260 g/mol. The van der Waals surface area contributed by atoms with E-state index in [4.69, 9.17) is 5.73 Å². The summed E-state index contributed by atoms with van der Waals surface area (Å²) in [5.74, 6) is 0.434. The molecule has 3 nitrogen and oxygen atoms in total. The fraction of sp³-hybridized carbons (Fsp3) is 0.611. The summed E-state index contributed by atoms with van der Waals surface area (Å²) in [6.07, 6.45) is 7.25. The molecule has 1 aromatic carbocycles. The molecule has 0 spiro atoms. The van der Waals surface area contributed by atoms with Crippen molar-refractivity contribution in [2.45, 2.75) is 45.4 Å². The van der Waals surface area contributed by atoms with Gasteiger partial charge in [0.25, 0.3) is 0 Å². The first-order chi connectivity index (χ1) is 10.1. The van der Waals surface area contributed by atoms with Crippen molar-refractivity contribution < 1.29 is 4.79 Å². The molecule has 0 radical (unpaired) electrons. The van der Waals surface area contributed by atoms with E-state index >= 15 is 0 Å². The lowest BCUT2D eigenvalue weighted by atomic mass is 9.91. The fourth-order valence-corrected chi connectivity index (χ4v) is 3.79. The van der Waals surface area contributed by atoms with E-state index in [9.17, 15) is 4.79 Å². The van der Waals surface area contributed by atoms with Crippen molar-refractivity contribution in [3.63, 3.8) is 0 Å². The Labute approximate surface area is 127 Å². The Morgan fingerprint density at radius 3 is 2.86 bits per heavy atom. The molecule has 1 amide bonds. The van der Waals surface area contributed by atoms with Crippen LogP contribution in [0, 0.1) is 11.8 Å². The zero-order valence-electron chi connectivity index (χ0n) is 13.0. The number of primary amides is 1. The minimum atomic E-state index is -0.165. The van der Waals surface area contributed by atoms with Gasteiger partial charge in [-0.1, -0.05) is 13.0 Å². The van der Waals surface area contributed by atoms with Gasteiger partial charge in [0, 0.05) is 24.7 Å². The van der Waals surface area contributed by atoms with E-state index in [1.54, 1.807) is 11.1 Å². The number of hydrogen-bond acceptors (Lipinski definition) is 2. The minimum absolute atomic E-state index is 0.00140. The third-order valence-corrected chi connectivity index (χ3v) is 5.16. The minimum Gasteiger partial charge on any atom is -0.371 e. The van der Waals surface area contributed by atoms with E-state index in [0.29, 0.717) is 5.92 Å². The van der Waals surface area contributed by atoms with Gasteiger partial charge in [0.15, 0.2) is 0 Å². The summed E-state index contributed by atoms with van der Waals surface area (Å²) >= 11 is 0. The molecule has 114 valence electrons. The number of nitrogens with two attached hydrogens (primary N) is 1. The third-order valence-electron chi connectivity index (χ3n) is 5.16. The van der Waals surface area contributed by atoms with Crippen molar-refractivity contribution in [2.24, 2.45) is 17.6 Å². The number of anilines is 1. The highest BCUT2D eigenvalue weighted by molar-refractivity contribution is 5.76. The molecule has 1 fully saturated rings. The molecule has 21 heavy (non-hydrogen) atoms. The van der Waals surface area contributed by atoms with Crippen LogP contribution in [0.3, 0.4) is 0 Å². The molecule has 2 unspecified atom stereocenters. The van der Waals surface area contributed by atoms with E-state index in [-0.39, 0.29) is 11.8 Å². The summed E-state index contributed by atoms with van der Waals surface area (Å²) in [7, 11) is 0. The van der Waals surface area contributed by atoms with E-state index in [1.165, 1.54) is 37.8 Å². The van der Waals surface area contributed by atoms with E-state index in [2.05, 4.69) is 23.1 Å². The molecule has 2 aliphatic rings. The van der Waals surface area contributed by atoms with Gasteiger partial charge in [-0.05, 0) is 67.7 Å².